The lowest BCUT2D eigenvalue weighted by molar-refractivity contribution is 0.575. The van der Waals surface area contributed by atoms with Crippen molar-refractivity contribution < 1.29 is 4.39 Å². The molecule has 2 unspecified atom stereocenters. The van der Waals surface area contributed by atoms with Crippen molar-refractivity contribution in [2.45, 2.75) is 58.2 Å². The van der Waals surface area contributed by atoms with Crippen LogP contribution >= 0.6 is 0 Å². The molecule has 2 N–H and O–H groups in total. The Morgan fingerprint density at radius 3 is 2.78 bits per heavy atom. The van der Waals surface area contributed by atoms with Crippen LogP contribution in [0.4, 0.5) is 10.1 Å². The smallest absolute Gasteiger partial charge is 0.146 e. The molecule has 2 nitrogen and oxygen atoms in total. The third-order valence-electron chi connectivity index (χ3n) is 4.02. The van der Waals surface area contributed by atoms with Gasteiger partial charge < -0.3 is 10.6 Å². The lowest BCUT2D eigenvalue weighted by Crippen LogP contribution is -2.36. The molecule has 18 heavy (non-hydrogen) atoms. The molecular formula is C15H23FN2. The highest BCUT2D eigenvalue weighted by atomic mass is 19.1. The van der Waals surface area contributed by atoms with Crippen molar-refractivity contribution in [3.05, 3.63) is 29.6 Å². The van der Waals surface area contributed by atoms with Gasteiger partial charge in [-0.2, -0.15) is 0 Å². The number of rotatable bonds is 3. The van der Waals surface area contributed by atoms with Crippen LogP contribution in [0.25, 0.3) is 0 Å². The Morgan fingerprint density at radius 2 is 2.17 bits per heavy atom. The average molecular weight is 250 g/mol. The van der Waals surface area contributed by atoms with E-state index in [9.17, 15) is 4.39 Å². The van der Waals surface area contributed by atoms with Crippen LogP contribution in [0.5, 0.6) is 0 Å². The molecule has 1 saturated heterocycles. The van der Waals surface area contributed by atoms with Crippen LogP contribution in [-0.2, 0) is 0 Å². The maximum Gasteiger partial charge on any atom is 0.146 e. The number of hydrogen-bond acceptors (Lipinski definition) is 2. The minimum atomic E-state index is -0.142. The largest absolute Gasteiger partial charge is 0.363 e. The second kappa shape index (κ2) is 5.27. The van der Waals surface area contributed by atoms with Gasteiger partial charge in [-0.25, -0.2) is 4.39 Å². The van der Waals surface area contributed by atoms with Crippen molar-refractivity contribution in [3.63, 3.8) is 0 Å². The number of benzene rings is 1. The van der Waals surface area contributed by atoms with Gasteiger partial charge in [0, 0.05) is 18.1 Å². The number of halogens is 1. The number of hydrogen-bond donors (Lipinski definition) is 1. The summed E-state index contributed by atoms with van der Waals surface area (Å²) < 4.78 is 14.2. The Bertz CT molecular complexity index is 417. The summed E-state index contributed by atoms with van der Waals surface area (Å²) in [7, 11) is 0. The molecule has 2 rings (SSSR count). The standard InChI is InChI=1S/C15H23FN2/c1-4-12-9-8-10(2)18(12)15-13(11(3)17)6-5-7-14(15)16/h5-7,10-12H,4,8-9,17H2,1-3H3/t10?,11-,12?/m1/s1. The van der Waals surface area contributed by atoms with E-state index in [4.69, 9.17) is 5.73 Å². The third-order valence-corrected chi connectivity index (χ3v) is 4.02. The highest BCUT2D eigenvalue weighted by Gasteiger charge is 2.32. The second-order valence-corrected chi connectivity index (χ2v) is 5.36. The van der Waals surface area contributed by atoms with Gasteiger partial charge in [0.05, 0.1) is 5.69 Å². The molecule has 1 aliphatic rings. The molecule has 1 aromatic rings. The van der Waals surface area contributed by atoms with Gasteiger partial charge in [-0.3, -0.25) is 0 Å². The van der Waals surface area contributed by atoms with Crippen LogP contribution in [0.3, 0.4) is 0 Å². The molecule has 1 heterocycles. The molecule has 3 atom stereocenters. The first-order valence-electron chi connectivity index (χ1n) is 6.88. The van der Waals surface area contributed by atoms with E-state index in [-0.39, 0.29) is 11.9 Å². The van der Waals surface area contributed by atoms with Gasteiger partial charge in [0.1, 0.15) is 5.82 Å². The summed E-state index contributed by atoms with van der Waals surface area (Å²) in [5.41, 5.74) is 7.63. The highest BCUT2D eigenvalue weighted by Crippen LogP contribution is 2.37. The zero-order valence-corrected chi connectivity index (χ0v) is 11.5. The van der Waals surface area contributed by atoms with Gasteiger partial charge in [-0.1, -0.05) is 19.1 Å². The number of nitrogens with zero attached hydrogens (tertiary/aromatic N) is 1. The lowest BCUT2D eigenvalue weighted by atomic mass is 10.0. The van der Waals surface area contributed by atoms with E-state index in [0.29, 0.717) is 12.1 Å². The first-order chi connectivity index (χ1) is 8.56. The Balaban J connectivity index is 2.48. The molecular weight excluding hydrogens is 227 g/mol. The molecule has 0 aliphatic carbocycles. The molecule has 100 valence electrons. The fourth-order valence-electron chi connectivity index (χ4n) is 3.05. The minimum absolute atomic E-state index is 0.138. The molecule has 0 radical (unpaired) electrons. The third kappa shape index (κ3) is 2.24. The van der Waals surface area contributed by atoms with Crippen molar-refractivity contribution >= 4 is 5.69 Å². The van der Waals surface area contributed by atoms with E-state index < -0.39 is 0 Å². The van der Waals surface area contributed by atoms with Gasteiger partial charge in [0.15, 0.2) is 0 Å². The second-order valence-electron chi connectivity index (χ2n) is 5.36. The Morgan fingerprint density at radius 1 is 1.44 bits per heavy atom. The molecule has 0 bridgehead atoms. The molecule has 0 saturated carbocycles. The highest BCUT2D eigenvalue weighted by molar-refractivity contribution is 5.58. The molecule has 0 spiro atoms. The summed E-state index contributed by atoms with van der Waals surface area (Å²) >= 11 is 0. The van der Waals surface area contributed by atoms with Crippen LogP contribution < -0.4 is 10.6 Å². The predicted molar refractivity (Wildman–Crippen MR) is 74.3 cm³/mol. The molecule has 1 fully saturated rings. The Hall–Kier alpha value is -1.09. The lowest BCUT2D eigenvalue weighted by Gasteiger charge is -2.33. The van der Waals surface area contributed by atoms with Crippen molar-refractivity contribution in [2.24, 2.45) is 5.73 Å². The van der Waals surface area contributed by atoms with Gasteiger partial charge in [-0.05, 0) is 44.7 Å². The van der Waals surface area contributed by atoms with E-state index in [1.807, 2.05) is 13.0 Å². The van der Waals surface area contributed by atoms with E-state index in [0.717, 1.165) is 30.5 Å². The predicted octanol–water partition coefficient (Wildman–Crippen LogP) is 3.61. The summed E-state index contributed by atoms with van der Waals surface area (Å²) in [6.07, 6.45) is 3.33. The molecule has 3 heteroatoms. The fraction of sp³-hybridized carbons (Fsp3) is 0.600. The fourth-order valence-corrected chi connectivity index (χ4v) is 3.05. The number of nitrogens with two attached hydrogens (primary N) is 1. The molecule has 1 aliphatic heterocycles. The van der Waals surface area contributed by atoms with Crippen molar-refractivity contribution in [2.75, 3.05) is 4.90 Å². The zero-order chi connectivity index (χ0) is 13.3. The molecule has 0 amide bonds. The maximum atomic E-state index is 14.2. The average Bonchev–Trinajstić information content (AvgIpc) is 2.70. The molecule has 0 aromatic heterocycles. The minimum Gasteiger partial charge on any atom is -0.363 e. The summed E-state index contributed by atoms with van der Waals surface area (Å²) in [6.45, 7) is 6.26. The van der Waals surface area contributed by atoms with Crippen molar-refractivity contribution in [3.8, 4) is 0 Å². The van der Waals surface area contributed by atoms with Gasteiger partial charge in [0.2, 0.25) is 0 Å². The Kier molecular flexibility index (Phi) is 3.91. The summed E-state index contributed by atoms with van der Waals surface area (Å²) in [5.74, 6) is -0.142. The van der Waals surface area contributed by atoms with E-state index in [1.54, 1.807) is 12.1 Å². The summed E-state index contributed by atoms with van der Waals surface area (Å²) in [6, 6.07) is 5.93. The van der Waals surface area contributed by atoms with Gasteiger partial charge in [0.25, 0.3) is 0 Å². The quantitative estimate of drug-likeness (QED) is 0.888. The Labute approximate surface area is 109 Å². The van der Waals surface area contributed by atoms with E-state index >= 15 is 0 Å². The maximum absolute atomic E-state index is 14.2. The number of para-hydroxylation sites is 1. The first kappa shape index (κ1) is 13.3. The van der Waals surface area contributed by atoms with Crippen LogP contribution in [0.15, 0.2) is 18.2 Å². The summed E-state index contributed by atoms with van der Waals surface area (Å²) in [5, 5.41) is 0. The van der Waals surface area contributed by atoms with Gasteiger partial charge >= 0.3 is 0 Å². The monoisotopic (exact) mass is 250 g/mol. The molecule has 1 aromatic carbocycles. The number of anilines is 1. The van der Waals surface area contributed by atoms with Crippen LogP contribution in [-0.4, -0.2) is 12.1 Å². The van der Waals surface area contributed by atoms with Crippen LogP contribution in [0.2, 0.25) is 0 Å². The van der Waals surface area contributed by atoms with Crippen molar-refractivity contribution in [1.29, 1.82) is 0 Å². The van der Waals surface area contributed by atoms with E-state index in [1.165, 1.54) is 0 Å². The van der Waals surface area contributed by atoms with E-state index in [2.05, 4.69) is 18.7 Å². The first-order valence-corrected chi connectivity index (χ1v) is 6.88. The normalized spacial score (nSPS) is 25.5. The zero-order valence-electron chi connectivity index (χ0n) is 11.5. The van der Waals surface area contributed by atoms with Gasteiger partial charge in [-0.15, -0.1) is 0 Å². The SMILES string of the molecule is CCC1CCC(C)N1c1c(F)cccc1[C@@H](C)N. The van der Waals surface area contributed by atoms with Crippen LogP contribution in [0.1, 0.15) is 51.6 Å². The summed E-state index contributed by atoms with van der Waals surface area (Å²) in [4.78, 5) is 2.24. The topological polar surface area (TPSA) is 29.3 Å². The van der Waals surface area contributed by atoms with Crippen molar-refractivity contribution in [1.82, 2.24) is 0 Å². The van der Waals surface area contributed by atoms with Crippen LogP contribution in [0, 0.1) is 5.82 Å².